The van der Waals surface area contributed by atoms with Crippen molar-refractivity contribution in [3.63, 3.8) is 0 Å². The first-order chi connectivity index (χ1) is 10.1. The van der Waals surface area contributed by atoms with Crippen molar-refractivity contribution in [3.05, 3.63) is 53.6 Å². The summed E-state index contributed by atoms with van der Waals surface area (Å²) in [6, 6.07) is 15.9. The number of hydrogen-bond donors (Lipinski definition) is 0. The van der Waals surface area contributed by atoms with Crippen LogP contribution >= 0.6 is 17.2 Å². The van der Waals surface area contributed by atoms with Crippen LogP contribution < -0.4 is 9.77 Å². The Bertz CT molecular complexity index is 600. The van der Waals surface area contributed by atoms with Crippen molar-refractivity contribution >= 4 is 41.5 Å². The van der Waals surface area contributed by atoms with Crippen LogP contribution in [0.1, 0.15) is 50.7 Å². The fourth-order valence-electron chi connectivity index (χ4n) is 2.53. The third-order valence-electron chi connectivity index (χ3n) is 3.73. The van der Waals surface area contributed by atoms with E-state index in [0.717, 1.165) is 0 Å². The summed E-state index contributed by atoms with van der Waals surface area (Å²) in [5.74, 6) is 1.18. The molecule has 0 N–H and O–H groups in total. The molecule has 0 nitrogen and oxygen atoms in total. The average Bonchev–Trinajstić information content (AvgIpc) is 2.91. The summed E-state index contributed by atoms with van der Waals surface area (Å²) in [5.41, 5.74) is 3.14. The molecule has 3 rings (SSSR count). The van der Waals surface area contributed by atoms with E-state index in [-0.39, 0.29) is 5.81 Å². The molecule has 1 aliphatic heterocycles. The van der Waals surface area contributed by atoms with Gasteiger partial charge in [-0.3, -0.25) is 0 Å². The minimum absolute atomic E-state index is 0.0699. The van der Waals surface area contributed by atoms with Gasteiger partial charge < -0.3 is 0 Å². The molecule has 110 valence electrons. The molecular formula is C18H21PSSe. The van der Waals surface area contributed by atoms with Crippen LogP contribution in [0.3, 0.4) is 0 Å². The van der Waals surface area contributed by atoms with Gasteiger partial charge in [-0.1, -0.05) is 0 Å². The molecule has 0 saturated heterocycles. The maximum absolute atomic E-state index is 2.39. The Kier molecular flexibility index (Phi) is 4.81. The van der Waals surface area contributed by atoms with Crippen LogP contribution in [-0.2, 0) is 0 Å². The van der Waals surface area contributed by atoms with E-state index in [9.17, 15) is 0 Å². The molecule has 0 amide bonds. The van der Waals surface area contributed by atoms with Crippen LogP contribution in [0.25, 0.3) is 0 Å². The number of rotatable bonds is 3. The molecule has 0 spiro atoms. The molecule has 1 aliphatic rings. The second kappa shape index (κ2) is 6.47. The molecule has 0 bridgehead atoms. The van der Waals surface area contributed by atoms with Gasteiger partial charge in [-0.15, -0.1) is 0 Å². The van der Waals surface area contributed by atoms with Gasteiger partial charge in [0.2, 0.25) is 0 Å². The van der Waals surface area contributed by atoms with Gasteiger partial charge in [-0.25, -0.2) is 0 Å². The van der Waals surface area contributed by atoms with Crippen LogP contribution in [-0.4, -0.2) is 14.5 Å². The minimum atomic E-state index is -0.0699. The monoisotopic (exact) mass is 380 g/mol. The van der Waals surface area contributed by atoms with E-state index in [1.54, 1.807) is 25.8 Å². The van der Waals surface area contributed by atoms with Crippen molar-refractivity contribution in [2.45, 2.75) is 44.4 Å². The Balaban J connectivity index is 2.04. The Morgan fingerprint density at radius 3 is 2.10 bits per heavy atom. The number of hydrogen-bond acceptors (Lipinski definition) is 1. The van der Waals surface area contributed by atoms with Crippen LogP contribution in [0.2, 0.25) is 0 Å². The molecule has 1 heterocycles. The van der Waals surface area contributed by atoms with Crippen LogP contribution in [0.5, 0.6) is 0 Å². The second-order valence-corrected chi connectivity index (χ2v) is 15.3. The van der Waals surface area contributed by atoms with Crippen molar-refractivity contribution in [1.82, 2.24) is 0 Å². The first-order valence-corrected chi connectivity index (χ1v) is 13.3. The van der Waals surface area contributed by atoms with Crippen LogP contribution in [0, 0.1) is 0 Å². The van der Waals surface area contributed by atoms with Gasteiger partial charge in [-0.2, -0.15) is 0 Å². The molecule has 1 unspecified atom stereocenters. The van der Waals surface area contributed by atoms with Gasteiger partial charge in [0.05, 0.1) is 0 Å². The summed E-state index contributed by atoms with van der Waals surface area (Å²) in [5, 5.41) is 1.55. The number of fused-ring (bicyclic) bond motifs is 1. The Morgan fingerprint density at radius 2 is 1.48 bits per heavy atom. The maximum atomic E-state index is 2.39. The molecular weight excluding hydrogens is 358 g/mol. The van der Waals surface area contributed by atoms with Gasteiger partial charge in [-0.05, 0) is 0 Å². The summed E-state index contributed by atoms with van der Waals surface area (Å²) in [4.78, 5) is 1.62. The molecule has 1 atom stereocenters. The molecule has 0 aliphatic carbocycles. The van der Waals surface area contributed by atoms with Crippen molar-refractivity contribution in [2.75, 3.05) is 0 Å². The fraction of sp³-hybridized carbons (Fsp3) is 0.333. The Labute approximate surface area is 139 Å². The molecule has 0 aromatic heterocycles. The molecule has 0 saturated carbocycles. The van der Waals surface area contributed by atoms with E-state index in [2.05, 4.69) is 81.5 Å². The summed E-state index contributed by atoms with van der Waals surface area (Å²) in [6.07, 6.45) is 0. The molecule has 0 fully saturated rings. The van der Waals surface area contributed by atoms with E-state index >= 15 is 0 Å². The first-order valence-electron chi connectivity index (χ1n) is 7.46. The van der Waals surface area contributed by atoms with Crippen molar-refractivity contribution in [2.24, 2.45) is 0 Å². The van der Waals surface area contributed by atoms with Crippen molar-refractivity contribution in [3.8, 4) is 0 Å². The summed E-state index contributed by atoms with van der Waals surface area (Å²) in [6.45, 7) is 9.30. The first kappa shape index (κ1) is 15.6. The van der Waals surface area contributed by atoms with Crippen molar-refractivity contribution in [1.29, 1.82) is 0 Å². The normalized spacial score (nSPS) is 17.5. The molecule has 2 aromatic rings. The van der Waals surface area contributed by atoms with E-state index in [4.69, 9.17) is 0 Å². The third kappa shape index (κ3) is 3.10. The summed E-state index contributed by atoms with van der Waals surface area (Å²) < 4.78 is 1.70. The van der Waals surface area contributed by atoms with Gasteiger partial charge in [0.25, 0.3) is 0 Å². The third-order valence-corrected chi connectivity index (χ3v) is 14.6. The second-order valence-electron chi connectivity index (χ2n) is 5.99. The SMILES string of the molecule is CC(C)c1ccc(C(C)C)c2c1SP(c1ccccc1)[Se]2. The molecule has 0 radical (unpaired) electrons. The molecule has 3 heteroatoms. The summed E-state index contributed by atoms with van der Waals surface area (Å²) in [7, 11) is 0. The number of benzene rings is 2. The fourth-order valence-corrected chi connectivity index (χ4v) is 15.3. The van der Waals surface area contributed by atoms with E-state index in [0.29, 0.717) is 26.4 Å². The quantitative estimate of drug-likeness (QED) is 0.534. The van der Waals surface area contributed by atoms with Crippen LogP contribution in [0.4, 0.5) is 0 Å². The molecule has 2 aromatic carbocycles. The molecule has 21 heavy (non-hydrogen) atoms. The van der Waals surface area contributed by atoms with Crippen molar-refractivity contribution < 1.29 is 0 Å². The van der Waals surface area contributed by atoms with E-state index in [1.807, 2.05) is 0 Å². The average molecular weight is 379 g/mol. The van der Waals surface area contributed by atoms with Gasteiger partial charge in [0, 0.05) is 0 Å². The van der Waals surface area contributed by atoms with Gasteiger partial charge in [0.15, 0.2) is 0 Å². The van der Waals surface area contributed by atoms with E-state index in [1.165, 1.54) is 0 Å². The zero-order chi connectivity index (χ0) is 15.0. The summed E-state index contributed by atoms with van der Waals surface area (Å²) >= 11 is 2.77. The predicted octanol–water partition coefficient (Wildman–Crippen LogP) is 5.01. The Morgan fingerprint density at radius 1 is 0.857 bits per heavy atom. The zero-order valence-corrected chi connectivity index (χ0v) is 16.4. The standard InChI is InChI=1S/C18H21PSSe/c1-12(2)15-10-11-16(13(3)4)18-17(15)20-19(21-18)14-8-6-5-7-9-14/h5-13H,1-4H3. The van der Waals surface area contributed by atoms with Crippen LogP contribution in [0.15, 0.2) is 47.4 Å². The Hall–Kier alpha value is -0.261. The van der Waals surface area contributed by atoms with E-state index < -0.39 is 0 Å². The van der Waals surface area contributed by atoms with Gasteiger partial charge in [0.1, 0.15) is 0 Å². The predicted molar refractivity (Wildman–Crippen MR) is 98.9 cm³/mol. The zero-order valence-electron chi connectivity index (χ0n) is 13.0. The van der Waals surface area contributed by atoms with Gasteiger partial charge >= 0.3 is 139 Å². The topological polar surface area (TPSA) is 0 Å².